The summed E-state index contributed by atoms with van der Waals surface area (Å²) in [5, 5.41) is 0. The van der Waals surface area contributed by atoms with Crippen LogP contribution in [-0.4, -0.2) is 22.8 Å². The van der Waals surface area contributed by atoms with Gasteiger partial charge in [-0.1, -0.05) is 60.7 Å². The minimum absolute atomic E-state index is 0.134. The zero-order chi connectivity index (χ0) is 16.8. The van der Waals surface area contributed by atoms with Gasteiger partial charge in [0.25, 0.3) is 0 Å². The molecule has 1 heterocycles. The van der Waals surface area contributed by atoms with Crippen molar-refractivity contribution in [1.82, 2.24) is 9.97 Å². The van der Waals surface area contributed by atoms with Gasteiger partial charge in [-0.15, -0.1) is 0 Å². The zero-order valence-corrected chi connectivity index (χ0v) is 14.6. The molecule has 2 atom stereocenters. The number of ether oxygens (including phenoxy) is 1. The van der Waals surface area contributed by atoms with E-state index in [0.29, 0.717) is 0 Å². The largest absolute Gasteiger partial charge is 0.370 e. The molecule has 0 spiro atoms. The van der Waals surface area contributed by atoms with Gasteiger partial charge < -0.3 is 9.72 Å². The fraction of sp³-hybridized carbons (Fsp3) is 0.250. The summed E-state index contributed by atoms with van der Waals surface area (Å²) in [5.41, 5.74) is 3.38. The lowest BCUT2D eigenvalue weighted by atomic mass is 10.0. The molecule has 0 saturated carbocycles. The molecule has 0 saturated heterocycles. The normalized spacial score (nSPS) is 13.6. The molecule has 0 fully saturated rings. The molecule has 24 heavy (non-hydrogen) atoms. The summed E-state index contributed by atoms with van der Waals surface area (Å²) in [7, 11) is 1.72. The van der Waals surface area contributed by atoms with Crippen LogP contribution in [0.25, 0.3) is 0 Å². The molecule has 124 valence electrons. The van der Waals surface area contributed by atoms with Crippen LogP contribution in [0.5, 0.6) is 0 Å². The van der Waals surface area contributed by atoms with E-state index in [4.69, 9.17) is 4.74 Å². The number of aromatic amines is 1. The number of rotatable bonds is 7. The molecule has 1 N–H and O–H groups in total. The van der Waals surface area contributed by atoms with Crippen LogP contribution in [0.4, 0.5) is 0 Å². The standard InChI is InChI=1S/C20H22N2OS/c1-23-19(16-10-6-3-7-11-16)18-13-21-20(22-18)17(14-24)12-15-8-4-2-5-9-15/h2-11,13,17,19,24H,12,14H2,1H3,(H,21,22)/t17-,19+/m1/s1. The third kappa shape index (κ3) is 3.89. The van der Waals surface area contributed by atoms with Crippen LogP contribution in [0.1, 0.15) is 34.7 Å². The first-order valence-corrected chi connectivity index (χ1v) is 8.72. The first kappa shape index (κ1) is 16.8. The van der Waals surface area contributed by atoms with Crippen molar-refractivity contribution in [3.63, 3.8) is 0 Å². The van der Waals surface area contributed by atoms with Crippen molar-refractivity contribution < 1.29 is 4.74 Å². The molecule has 3 aromatic rings. The van der Waals surface area contributed by atoms with Gasteiger partial charge in [0, 0.05) is 18.8 Å². The van der Waals surface area contributed by atoms with Gasteiger partial charge in [-0.2, -0.15) is 12.6 Å². The third-order valence-electron chi connectivity index (χ3n) is 4.17. The molecule has 0 aliphatic heterocycles. The molecule has 3 nitrogen and oxygen atoms in total. The Kier molecular flexibility index (Phi) is 5.72. The Morgan fingerprint density at radius 3 is 2.33 bits per heavy atom. The number of benzene rings is 2. The molecule has 0 aliphatic carbocycles. The molecular formula is C20H22N2OS. The Morgan fingerprint density at radius 1 is 1.04 bits per heavy atom. The maximum absolute atomic E-state index is 5.68. The molecule has 1 aromatic heterocycles. The van der Waals surface area contributed by atoms with E-state index in [0.717, 1.165) is 29.3 Å². The summed E-state index contributed by atoms with van der Waals surface area (Å²) >= 11 is 4.52. The Bertz CT molecular complexity index is 743. The smallest absolute Gasteiger partial charge is 0.123 e. The molecule has 4 heteroatoms. The van der Waals surface area contributed by atoms with E-state index >= 15 is 0 Å². The topological polar surface area (TPSA) is 37.9 Å². The second-order valence-corrected chi connectivity index (χ2v) is 6.18. The highest BCUT2D eigenvalue weighted by atomic mass is 32.1. The van der Waals surface area contributed by atoms with E-state index in [1.807, 2.05) is 30.5 Å². The van der Waals surface area contributed by atoms with Crippen LogP contribution in [-0.2, 0) is 11.2 Å². The van der Waals surface area contributed by atoms with Crippen LogP contribution >= 0.6 is 12.6 Å². The number of imidazole rings is 1. The molecule has 0 bridgehead atoms. The maximum atomic E-state index is 5.68. The Balaban J connectivity index is 1.80. The number of hydrogen-bond acceptors (Lipinski definition) is 3. The summed E-state index contributed by atoms with van der Waals surface area (Å²) < 4.78 is 5.68. The van der Waals surface area contributed by atoms with Gasteiger partial charge >= 0.3 is 0 Å². The zero-order valence-electron chi connectivity index (χ0n) is 13.7. The van der Waals surface area contributed by atoms with Gasteiger partial charge in [-0.05, 0) is 17.5 Å². The Morgan fingerprint density at radius 2 is 1.71 bits per heavy atom. The molecule has 3 rings (SSSR count). The average Bonchev–Trinajstić information content (AvgIpc) is 3.12. The second-order valence-electron chi connectivity index (χ2n) is 5.82. The molecular weight excluding hydrogens is 316 g/mol. The van der Waals surface area contributed by atoms with Gasteiger partial charge in [0.05, 0.1) is 11.9 Å². The first-order chi connectivity index (χ1) is 11.8. The lowest BCUT2D eigenvalue weighted by Crippen LogP contribution is -2.08. The Hall–Kier alpha value is -2.04. The predicted molar refractivity (Wildman–Crippen MR) is 101 cm³/mol. The maximum Gasteiger partial charge on any atom is 0.123 e. The summed E-state index contributed by atoms with van der Waals surface area (Å²) in [6.07, 6.45) is 2.66. The van der Waals surface area contributed by atoms with Crippen LogP contribution in [0.3, 0.4) is 0 Å². The van der Waals surface area contributed by atoms with Crippen molar-refractivity contribution in [2.45, 2.75) is 18.4 Å². The van der Waals surface area contributed by atoms with Gasteiger partial charge in [0.15, 0.2) is 0 Å². The number of methoxy groups -OCH3 is 1. The minimum atomic E-state index is -0.134. The van der Waals surface area contributed by atoms with Crippen LogP contribution in [0.2, 0.25) is 0 Å². The van der Waals surface area contributed by atoms with E-state index in [-0.39, 0.29) is 12.0 Å². The van der Waals surface area contributed by atoms with E-state index in [1.165, 1.54) is 5.56 Å². The average molecular weight is 338 g/mol. The van der Waals surface area contributed by atoms with Crippen molar-refractivity contribution in [3.05, 3.63) is 89.5 Å². The van der Waals surface area contributed by atoms with Gasteiger partial charge in [0.2, 0.25) is 0 Å². The number of hydrogen-bond donors (Lipinski definition) is 2. The van der Waals surface area contributed by atoms with E-state index in [1.54, 1.807) is 7.11 Å². The summed E-state index contributed by atoms with van der Waals surface area (Å²) in [5.74, 6) is 1.95. The molecule has 2 aromatic carbocycles. The summed E-state index contributed by atoms with van der Waals surface area (Å²) in [4.78, 5) is 8.04. The number of H-pyrrole nitrogens is 1. The van der Waals surface area contributed by atoms with Crippen molar-refractivity contribution in [2.24, 2.45) is 0 Å². The van der Waals surface area contributed by atoms with Crippen molar-refractivity contribution in [2.75, 3.05) is 12.9 Å². The van der Waals surface area contributed by atoms with Crippen molar-refractivity contribution >= 4 is 12.6 Å². The number of aromatic nitrogens is 2. The highest BCUT2D eigenvalue weighted by Crippen LogP contribution is 2.26. The summed E-state index contributed by atoms with van der Waals surface area (Å²) in [6.45, 7) is 0. The summed E-state index contributed by atoms with van der Waals surface area (Å²) in [6, 6.07) is 20.6. The van der Waals surface area contributed by atoms with Crippen LogP contribution in [0, 0.1) is 0 Å². The molecule has 0 radical (unpaired) electrons. The van der Waals surface area contributed by atoms with Crippen LogP contribution in [0.15, 0.2) is 66.9 Å². The van der Waals surface area contributed by atoms with E-state index < -0.39 is 0 Å². The minimum Gasteiger partial charge on any atom is -0.370 e. The van der Waals surface area contributed by atoms with Gasteiger partial charge in [0.1, 0.15) is 11.9 Å². The molecule has 0 aliphatic rings. The van der Waals surface area contributed by atoms with Crippen LogP contribution < -0.4 is 0 Å². The SMILES string of the molecule is CO[C@@H](c1ccccc1)c1cnc([C@@H](CS)Cc2ccccc2)[nH]1. The molecule has 0 unspecified atom stereocenters. The quantitative estimate of drug-likeness (QED) is 0.627. The van der Waals surface area contributed by atoms with E-state index in [9.17, 15) is 0 Å². The first-order valence-electron chi connectivity index (χ1n) is 8.09. The Labute approximate surface area is 148 Å². The number of nitrogens with one attached hydrogen (secondary N) is 1. The van der Waals surface area contributed by atoms with E-state index in [2.05, 4.69) is 59.0 Å². The highest BCUT2D eigenvalue weighted by Gasteiger charge is 2.19. The third-order valence-corrected chi connectivity index (χ3v) is 4.61. The fourth-order valence-corrected chi connectivity index (χ4v) is 3.21. The lowest BCUT2D eigenvalue weighted by Gasteiger charge is -2.15. The van der Waals surface area contributed by atoms with Crippen molar-refractivity contribution in [1.29, 1.82) is 0 Å². The fourth-order valence-electron chi connectivity index (χ4n) is 2.91. The number of nitrogens with zero attached hydrogens (tertiary/aromatic N) is 1. The number of thiol groups is 1. The monoisotopic (exact) mass is 338 g/mol. The second kappa shape index (κ2) is 8.18. The van der Waals surface area contributed by atoms with Gasteiger partial charge in [-0.25, -0.2) is 4.98 Å². The lowest BCUT2D eigenvalue weighted by molar-refractivity contribution is 0.133. The highest BCUT2D eigenvalue weighted by molar-refractivity contribution is 7.80. The van der Waals surface area contributed by atoms with Crippen molar-refractivity contribution in [3.8, 4) is 0 Å². The predicted octanol–water partition coefficient (Wildman–Crippen LogP) is 4.40. The van der Waals surface area contributed by atoms with Gasteiger partial charge in [-0.3, -0.25) is 0 Å². The molecule has 0 amide bonds.